The number of carbonyl (C=O) groups is 1. The number of thiophene rings is 1. The highest BCUT2D eigenvalue weighted by molar-refractivity contribution is 7.98. The lowest BCUT2D eigenvalue weighted by molar-refractivity contribution is -0.385. The minimum atomic E-state index is -0.727. The minimum Gasteiger partial charge on any atom is -0.366 e. The van der Waals surface area contributed by atoms with Crippen LogP contribution in [0.1, 0.15) is 39.7 Å². The standard InChI is InChI=1S/C22H22N4O4S2/c1-3-8-25-21(28)18-15-7-4-12(2)9-17(15)32-20(18)24-22(25)31-11-14-6-5-13(19(23)27)10-16(14)26(29)30/h3,5-6,10,12H,1,4,7-9,11H2,2H3,(H2,23,27). The van der Waals surface area contributed by atoms with Crippen molar-refractivity contribution in [2.75, 3.05) is 0 Å². The van der Waals surface area contributed by atoms with Crippen molar-refractivity contribution in [3.05, 3.63) is 72.9 Å². The Balaban J connectivity index is 1.74. The molecule has 1 unspecified atom stereocenters. The number of carbonyl (C=O) groups excluding carboxylic acids is 1. The van der Waals surface area contributed by atoms with E-state index in [2.05, 4.69) is 13.5 Å². The molecule has 0 radical (unpaired) electrons. The Kier molecular flexibility index (Phi) is 6.16. The Morgan fingerprint density at radius 1 is 1.50 bits per heavy atom. The van der Waals surface area contributed by atoms with E-state index in [0.29, 0.717) is 28.6 Å². The second-order valence-corrected chi connectivity index (χ2v) is 9.91. The zero-order chi connectivity index (χ0) is 23.0. The van der Waals surface area contributed by atoms with E-state index in [1.165, 1.54) is 34.8 Å². The van der Waals surface area contributed by atoms with Crippen LogP contribution in [-0.4, -0.2) is 20.4 Å². The van der Waals surface area contributed by atoms with Gasteiger partial charge in [0.05, 0.1) is 10.3 Å². The van der Waals surface area contributed by atoms with Crippen LogP contribution < -0.4 is 11.3 Å². The van der Waals surface area contributed by atoms with Crippen LogP contribution in [0.3, 0.4) is 0 Å². The fraction of sp³-hybridized carbons (Fsp3) is 0.318. The van der Waals surface area contributed by atoms with Crippen molar-refractivity contribution in [1.29, 1.82) is 0 Å². The van der Waals surface area contributed by atoms with E-state index in [9.17, 15) is 19.7 Å². The van der Waals surface area contributed by atoms with Gasteiger partial charge in [0.1, 0.15) is 4.83 Å². The summed E-state index contributed by atoms with van der Waals surface area (Å²) in [5.41, 5.74) is 6.58. The highest BCUT2D eigenvalue weighted by Gasteiger charge is 2.25. The number of thioether (sulfide) groups is 1. The van der Waals surface area contributed by atoms with Crippen LogP contribution in [-0.2, 0) is 25.1 Å². The van der Waals surface area contributed by atoms with Crippen molar-refractivity contribution >= 4 is 44.9 Å². The number of nitro benzene ring substituents is 1. The number of allylic oxidation sites excluding steroid dienone is 1. The summed E-state index contributed by atoms with van der Waals surface area (Å²) in [5.74, 6) is 0.0750. The lowest BCUT2D eigenvalue weighted by Gasteiger charge is -2.17. The molecule has 0 bridgehead atoms. The molecule has 10 heteroatoms. The van der Waals surface area contributed by atoms with Crippen LogP contribution in [0.15, 0.2) is 40.8 Å². The molecule has 1 aliphatic rings. The van der Waals surface area contributed by atoms with Crippen LogP contribution >= 0.6 is 23.1 Å². The summed E-state index contributed by atoms with van der Waals surface area (Å²) in [6, 6.07) is 4.16. The van der Waals surface area contributed by atoms with Crippen LogP contribution in [0.25, 0.3) is 10.2 Å². The SMILES string of the molecule is C=CCn1c(SCc2ccc(C(N)=O)cc2[N+](=O)[O-])nc2sc3c(c2c1=O)CCC(C)C3. The van der Waals surface area contributed by atoms with Gasteiger partial charge < -0.3 is 5.73 Å². The van der Waals surface area contributed by atoms with Gasteiger partial charge in [-0.25, -0.2) is 4.98 Å². The Morgan fingerprint density at radius 3 is 2.97 bits per heavy atom. The maximum atomic E-state index is 13.4. The molecule has 0 spiro atoms. The van der Waals surface area contributed by atoms with E-state index in [0.717, 1.165) is 29.7 Å². The van der Waals surface area contributed by atoms with E-state index >= 15 is 0 Å². The minimum absolute atomic E-state index is 0.0759. The number of nitro groups is 1. The number of aryl methyl sites for hydroxylation is 1. The molecular formula is C22H22N4O4S2. The summed E-state index contributed by atoms with van der Waals surface area (Å²) >= 11 is 2.82. The molecular weight excluding hydrogens is 448 g/mol. The van der Waals surface area contributed by atoms with E-state index in [1.54, 1.807) is 22.0 Å². The maximum absolute atomic E-state index is 13.4. The Morgan fingerprint density at radius 2 is 2.28 bits per heavy atom. The quantitative estimate of drug-likeness (QED) is 0.183. The summed E-state index contributed by atoms with van der Waals surface area (Å²) in [6.45, 7) is 6.27. The first-order chi connectivity index (χ1) is 15.3. The summed E-state index contributed by atoms with van der Waals surface area (Å²) < 4.78 is 1.58. The number of fused-ring (bicyclic) bond motifs is 3. The summed E-state index contributed by atoms with van der Waals surface area (Å²) in [6.07, 6.45) is 4.54. The molecule has 3 aromatic rings. The lowest BCUT2D eigenvalue weighted by Crippen LogP contribution is -2.23. The van der Waals surface area contributed by atoms with Gasteiger partial charge >= 0.3 is 0 Å². The molecule has 4 rings (SSSR count). The average Bonchev–Trinajstić information content (AvgIpc) is 3.11. The predicted molar refractivity (Wildman–Crippen MR) is 126 cm³/mol. The van der Waals surface area contributed by atoms with Gasteiger partial charge in [0.2, 0.25) is 5.91 Å². The van der Waals surface area contributed by atoms with Gasteiger partial charge in [0.15, 0.2) is 5.16 Å². The predicted octanol–water partition coefficient (Wildman–Crippen LogP) is 4.07. The molecule has 2 N–H and O–H groups in total. The number of hydrogen-bond acceptors (Lipinski definition) is 7. The molecule has 1 aromatic carbocycles. The lowest BCUT2D eigenvalue weighted by atomic mass is 9.89. The molecule has 8 nitrogen and oxygen atoms in total. The monoisotopic (exact) mass is 470 g/mol. The number of hydrogen-bond donors (Lipinski definition) is 1. The van der Waals surface area contributed by atoms with Gasteiger partial charge in [-0.15, -0.1) is 17.9 Å². The van der Waals surface area contributed by atoms with Crippen molar-refractivity contribution < 1.29 is 9.72 Å². The van der Waals surface area contributed by atoms with E-state index < -0.39 is 10.8 Å². The summed E-state index contributed by atoms with van der Waals surface area (Å²) in [4.78, 5) is 42.4. The number of amides is 1. The zero-order valence-corrected chi connectivity index (χ0v) is 19.1. The third-order valence-electron chi connectivity index (χ3n) is 5.62. The van der Waals surface area contributed by atoms with Crippen molar-refractivity contribution in [3.8, 4) is 0 Å². The first-order valence-corrected chi connectivity index (χ1v) is 12.0. The van der Waals surface area contributed by atoms with Gasteiger partial charge in [0.25, 0.3) is 11.2 Å². The van der Waals surface area contributed by atoms with Crippen LogP contribution in [0.5, 0.6) is 0 Å². The van der Waals surface area contributed by atoms with Gasteiger partial charge in [-0.3, -0.25) is 24.3 Å². The third kappa shape index (κ3) is 4.07. The van der Waals surface area contributed by atoms with Crippen LogP contribution in [0, 0.1) is 16.0 Å². The molecule has 2 heterocycles. The maximum Gasteiger partial charge on any atom is 0.274 e. The first kappa shape index (κ1) is 22.2. The highest BCUT2D eigenvalue weighted by atomic mass is 32.2. The molecule has 1 aliphatic carbocycles. The van der Waals surface area contributed by atoms with Gasteiger partial charge in [0, 0.05) is 34.4 Å². The van der Waals surface area contributed by atoms with Crippen molar-refractivity contribution in [2.45, 2.75) is 43.6 Å². The zero-order valence-electron chi connectivity index (χ0n) is 17.5. The normalized spacial score (nSPS) is 15.5. The molecule has 32 heavy (non-hydrogen) atoms. The molecule has 0 fully saturated rings. The van der Waals surface area contributed by atoms with E-state index in [-0.39, 0.29) is 22.6 Å². The van der Waals surface area contributed by atoms with Crippen molar-refractivity contribution in [1.82, 2.24) is 9.55 Å². The topological polar surface area (TPSA) is 121 Å². The number of nitrogens with zero attached hydrogens (tertiary/aromatic N) is 3. The van der Waals surface area contributed by atoms with Crippen LogP contribution in [0.4, 0.5) is 5.69 Å². The van der Waals surface area contributed by atoms with Gasteiger partial charge in [-0.2, -0.15) is 0 Å². The molecule has 2 aromatic heterocycles. The fourth-order valence-electron chi connectivity index (χ4n) is 3.96. The molecule has 1 atom stereocenters. The molecule has 0 saturated carbocycles. The number of benzene rings is 1. The smallest absolute Gasteiger partial charge is 0.274 e. The molecule has 166 valence electrons. The van der Waals surface area contributed by atoms with Gasteiger partial charge in [-0.1, -0.05) is 30.8 Å². The second kappa shape index (κ2) is 8.87. The Bertz CT molecular complexity index is 1310. The molecule has 0 aliphatic heterocycles. The van der Waals surface area contributed by atoms with Gasteiger partial charge in [-0.05, 0) is 36.8 Å². The summed E-state index contributed by atoms with van der Waals surface area (Å²) in [7, 11) is 0. The number of nitrogens with two attached hydrogens (primary N) is 1. The second-order valence-electron chi connectivity index (χ2n) is 7.88. The molecule has 0 saturated heterocycles. The Hall–Kier alpha value is -2.98. The number of rotatable bonds is 7. The fourth-order valence-corrected chi connectivity index (χ4v) is 6.39. The number of primary amides is 1. The molecule has 1 amide bonds. The summed E-state index contributed by atoms with van der Waals surface area (Å²) in [5, 5.41) is 12.7. The first-order valence-electron chi connectivity index (χ1n) is 10.2. The number of aromatic nitrogens is 2. The van der Waals surface area contributed by atoms with Crippen molar-refractivity contribution in [3.63, 3.8) is 0 Å². The largest absolute Gasteiger partial charge is 0.366 e. The highest BCUT2D eigenvalue weighted by Crippen LogP contribution is 2.37. The average molecular weight is 471 g/mol. The third-order valence-corrected chi connectivity index (χ3v) is 7.79. The van der Waals surface area contributed by atoms with Crippen molar-refractivity contribution in [2.24, 2.45) is 11.7 Å². The van der Waals surface area contributed by atoms with Crippen LogP contribution in [0.2, 0.25) is 0 Å². The Labute approximate surface area is 192 Å². The van der Waals surface area contributed by atoms with E-state index in [4.69, 9.17) is 10.7 Å². The van der Waals surface area contributed by atoms with E-state index in [1.807, 2.05) is 0 Å².